The predicted octanol–water partition coefficient (Wildman–Crippen LogP) is 2.95. The van der Waals surface area contributed by atoms with Crippen LogP contribution in [-0.2, 0) is 11.2 Å². The molecule has 0 heterocycles. The third-order valence-corrected chi connectivity index (χ3v) is 2.47. The molecule has 1 aromatic carbocycles. The molecule has 0 saturated carbocycles. The topological polar surface area (TPSA) is 17.1 Å². The lowest BCUT2D eigenvalue weighted by Crippen LogP contribution is -2.02. The maximum Gasteiger partial charge on any atom is 0.137 e. The van der Waals surface area contributed by atoms with Crippen molar-refractivity contribution in [3.8, 4) is 0 Å². The molecular formula is C10H10FIO. The average molecular weight is 292 g/mol. The van der Waals surface area contributed by atoms with E-state index >= 15 is 0 Å². The van der Waals surface area contributed by atoms with Crippen molar-refractivity contribution in [2.24, 2.45) is 0 Å². The molecule has 0 aliphatic rings. The summed E-state index contributed by atoms with van der Waals surface area (Å²) >= 11 is 2.04. The molecule has 0 spiro atoms. The normalized spacial score (nSPS) is 10.1. The molecule has 0 amide bonds. The number of ketones is 1. The second-order valence-corrected chi connectivity index (χ2v) is 4.05. The summed E-state index contributed by atoms with van der Waals surface area (Å²) < 4.78 is 14.0. The third kappa shape index (κ3) is 3.06. The number of carbonyl (C=O) groups is 1. The summed E-state index contributed by atoms with van der Waals surface area (Å²) in [4.78, 5) is 11.0. The zero-order chi connectivity index (χ0) is 9.84. The number of rotatable bonds is 3. The van der Waals surface area contributed by atoms with Crippen LogP contribution < -0.4 is 0 Å². The molecule has 0 radical (unpaired) electrons. The van der Waals surface area contributed by atoms with E-state index < -0.39 is 0 Å². The summed E-state index contributed by atoms with van der Waals surface area (Å²) in [6, 6.07) is 4.92. The van der Waals surface area contributed by atoms with Crippen LogP contribution in [0.3, 0.4) is 0 Å². The van der Waals surface area contributed by atoms with E-state index in [9.17, 15) is 9.18 Å². The van der Waals surface area contributed by atoms with Gasteiger partial charge in [-0.1, -0.05) is 13.0 Å². The standard InChI is InChI=1S/C10H10FIO/c1-2-9(13)5-7-3-4-8(12)6-10(7)11/h3-4,6H,2,5H2,1H3. The number of halogens is 2. The summed E-state index contributed by atoms with van der Waals surface area (Å²) in [5, 5.41) is 0. The summed E-state index contributed by atoms with van der Waals surface area (Å²) in [6.45, 7) is 1.78. The van der Waals surface area contributed by atoms with Crippen LogP contribution in [0.15, 0.2) is 18.2 Å². The van der Waals surface area contributed by atoms with E-state index in [0.29, 0.717) is 12.0 Å². The van der Waals surface area contributed by atoms with Crippen molar-refractivity contribution >= 4 is 28.4 Å². The Labute approximate surface area is 90.5 Å². The fraction of sp³-hybridized carbons (Fsp3) is 0.300. The van der Waals surface area contributed by atoms with E-state index in [0.717, 1.165) is 3.57 Å². The largest absolute Gasteiger partial charge is 0.299 e. The van der Waals surface area contributed by atoms with Crippen LogP contribution in [0.2, 0.25) is 0 Å². The lowest BCUT2D eigenvalue weighted by atomic mass is 10.1. The monoisotopic (exact) mass is 292 g/mol. The fourth-order valence-corrected chi connectivity index (χ4v) is 1.46. The first-order chi connectivity index (χ1) is 6.13. The average Bonchev–Trinajstić information content (AvgIpc) is 2.09. The molecule has 0 aromatic heterocycles. The smallest absolute Gasteiger partial charge is 0.137 e. The molecule has 70 valence electrons. The van der Waals surface area contributed by atoms with Gasteiger partial charge in [-0.05, 0) is 40.3 Å². The molecule has 0 aliphatic carbocycles. The minimum Gasteiger partial charge on any atom is -0.299 e. The Morgan fingerprint density at radius 2 is 2.23 bits per heavy atom. The van der Waals surface area contributed by atoms with E-state index in [1.165, 1.54) is 6.07 Å². The number of hydrogen-bond acceptors (Lipinski definition) is 1. The van der Waals surface area contributed by atoms with E-state index in [2.05, 4.69) is 0 Å². The Morgan fingerprint density at radius 3 is 2.77 bits per heavy atom. The summed E-state index contributed by atoms with van der Waals surface area (Å²) in [5.74, 6) is -0.214. The predicted molar refractivity (Wildman–Crippen MR) is 58.1 cm³/mol. The Kier molecular flexibility index (Phi) is 3.84. The van der Waals surface area contributed by atoms with Gasteiger partial charge in [0, 0.05) is 16.4 Å². The minimum atomic E-state index is -0.284. The van der Waals surface area contributed by atoms with Crippen LogP contribution in [0, 0.1) is 9.39 Å². The maximum atomic E-state index is 13.2. The lowest BCUT2D eigenvalue weighted by molar-refractivity contribution is -0.118. The summed E-state index contributed by atoms with van der Waals surface area (Å²) in [6.07, 6.45) is 0.671. The highest BCUT2D eigenvalue weighted by atomic mass is 127. The molecule has 0 atom stereocenters. The van der Waals surface area contributed by atoms with Crippen molar-refractivity contribution in [3.63, 3.8) is 0 Å². The molecule has 0 saturated heterocycles. The van der Waals surface area contributed by atoms with Gasteiger partial charge in [-0.2, -0.15) is 0 Å². The second kappa shape index (κ2) is 4.69. The van der Waals surface area contributed by atoms with Crippen molar-refractivity contribution in [2.45, 2.75) is 19.8 Å². The first-order valence-corrected chi connectivity index (χ1v) is 5.17. The van der Waals surface area contributed by atoms with Gasteiger partial charge in [-0.3, -0.25) is 4.79 Å². The maximum absolute atomic E-state index is 13.2. The summed E-state index contributed by atoms with van der Waals surface area (Å²) in [7, 11) is 0. The number of carbonyl (C=O) groups excluding carboxylic acids is 1. The van der Waals surface area contributed by atoms with Crippen molar-refractivity contribution < 1.29 is 9.18 Å². The second-order valence-electron chi connectivity index (χ2n) is 2.80. The molecular weight excluding hydrogens is 282 g/mol. The van der Waals surface area contributed by atoms with Crippen molar-refractivity contribution in [2.75, 3.05) is 0 Å². The summed E-state index contributed by atoms with van der Waals surface area (Å²) in [5.41, 5.74) is 0.493. The highest BCUT2D eigenvalue weighted by Gasteiger charge is 2.06. The highest BCUT2D eigenvalue weighted by Crippen LogP contribution is 2.13. The molecule has 3 heteroatoms. The number of hydrogen-bond donors (Lipinski definition) is 0. The van der Waals surface area contributed by atoms with Crippen molar-refractivity contribution in [1.29, 1.82) is 0 Å². The van der Waals surface area contributed by atoms with Crippen LogP contribution in [0.4, 0.5) is 4.39 Å². The third-order valence-electron chi connectivity index (χ3n) is 1.80. The Balaban J connectivity index is 2.83. The molecule has 1 aromatic rings. The number of Topliss-reactive ketones (excluding diaryl/α,β-unsaturated/α-hetero) is 1. The van der Waals surface area contributed by atoms with E-state index in [1.807, 2.05) is 28.7 Å². The van der Waals surface area contributed by atoms with Gasteiger partial charge < -0.3 is 0 Å². The molecule has 13 heavy (non-hydrogen) atoms. The molecule has 0 N–H and O–H groups in total. The fourth-order valence-electron chi connectivity index (χ4n) is 1.00. The zero-order valence-electron chi connectivity index (χ0n) is 7.31. The first-order valence-electron chi connectivity index (χ1n) is 4.09. The molecule has 0 fully saturated rings. The van der Waals surface area contributed by atoms with Crippen molar-refractivity contribution in [3.05, 3.63) is 33.1 Å². The Morgan fingerprint density at radius 1 is 1.54 bits per heavy atom. The zero-order valence-corrected chi connectivity index (χ0v) is 9.47. The molecule has 0 unspecified atom stereocenters. The number of benzene rings is 1. The van der Waals surface area contributed by atoms with Crippen LogP contribution in [0.25, 0.3) is 0 Å². The van der Waals surface area contributed by atoms with Gasteiger partial charge in [0.2, 0.25) is 0 Å². The van der Waals surface area contributed by atoms with Crippen molar-refractivity contribution in [1.82, 2.24) is 0 Å². The Hall–Kier alpha value is -0.450. The van der Waals surface area contributed by atoms with Gasteiger partial charge in [0.05, 0.1) is 0 Å². The van der Waals surface area contributed by atoms with Gasteiger partial charge in [0.1, 0.15) is 11.6 Å². The van der Waals surface area contributed by atoms with Gasteiger partial charge in [0.25, 0.3) is 0 Å². The van der Waals surface area contributed by atoms with Gasteiger partial charge in [-0.15, -0.1) is 0 Å². The SMILES string of the molecule is CCC(=O)Cc1ccc(I)cc1F. The lowest BCUT2D eigenvalue weighted by Gasteiger charge is -2.01. The molecule has 0 aliphatic heterocycles. The first kappa shape index (κ1) is 10.6. The van der Waals surface area contributed by atoms with E-state index in [-0.39, 0.29) is 18.0 Å². The Bertz CT molecular complexity index is 323. The van der Waals surface area contributed by atoms with Gasteiger partial charge in [0.15, 0.2) is 0 Å². The molecule has 1 rings (SSSR count). The van der Waals surface area contributed by atoms with Gasteiger partial charge >= 0.3 is 0 Å². The van der Waals surface area contributed by atoms with Crippen LogP contribution in [-0.4, -0.2) is 5.78 Å². The molecule has 1 nitrogen and oxygen atoms in total. The molecule has 0 bridgehead atoms. The highest BCUT2D eigenvalue weighted by molar-refractivity contribution is 14.1. The van der Waals surface area contributed by atoms with Crippen LogP contribution in [0.5, 0.6) is 0 Å². The van der Waals surface area contributed by atoms with E-state index in [4.69, 9.17) is 0 Å². The minimum absolute atomic E-state index is 0.0695. The van der Waals surface area contributed by atoms with Crippen LogP contribution >= 0.6 is 22.6 Å². The quantitative estimate of drug-likeness (QED) is 0.783. The van der Waals surface area contributed by atoms with E-state index in [1.54, 1.807) is 13.0 Å². The van der Waals surface area contributed by atoms with Gasteiger partial charge in [-0.25, -0.2) is 4.39 Å². The van der Waals surface area contributed by atoms with Crippen LogP contribution in [0.1, 0.15) is 18.9 Å².